The number of anilines is 2. The molecule has 1 aromatic rings. The number of nitrogens with zero attached hydrogens (tertiary/aromatic N) is 3. The zero-order valence-corrected chi connectivity index (χ0v) is 19.3. The quantitative estimate of drug-likeness (QED) is 0.625. The molecule has 1 aromatic carbocycles. The monoisotopic (exact) mass is 424 g/mol. The van der Waals surface area contributed by atoms with Gasteiger partial charge in [0, 0.05) is 32.7 Å². The molecular formula is C21H36N4O3S. The molecule has 1 N–H and O–H groups in total. The zero-order valence-electron chi connectivity index (χ0n) is 18.4. The van der Waals surface area contributed by atoms with Gasteiger partial charge in [-0.25, -0.2) is 8.42 Å². The van der Waals surface area contributed by atoms with Gasteiger partial charge in [-0.3, -0.25) is 9.69 Å². The Balaban J connectivity index is 2.33. The molecule has 0 aliphatic carbocycles. The van der Waals surface area contributed by atoms with E-state index in [2.05, 4.69) is 22.0 Å². The smallest absolute Gasteiger partial charge is 0.243 e. The summed E-state index contributed by atoms with van der Waals surface area (Å²) in [6.07, 6.45) is 1.11. The Morgan fingerprint density at radius 3 is 2.31 bits per heavy atom. The van der Waals surface area contributed by atoms with Gasteiger partial charge in [0.15, 0.2) is 0 Å². The Labute approximate surface area is 176 Å². The van der Waals surface area contributed by atoms with E-state index in [-0.39, 0.29) is 10.8 Å². The molecule has 8 heteroatoms. The number of likely N-dealkylation sites (tertiary alicyclic amines) is 1. The van der Waals surface area contributed by atoms with Crippen molar-refractivity contribution in [1.29, 1.82) is 0 Å². The van der Waals surface area contributed by atoms with Gasteiger partial charge in [-0.15, -0.1) is 0 Å². The molecule has 1 fully saturated rings. The van der Waals surface area contributed by atoms with E-state index in [4.69, 9.17) is 0 Å². The minimum absolute atomic E-state index is 0.107. The van der Waals surface area contributed by atoms with Crippen LogP contribution in [-0.4, -0.2) is 69.3 Å². The Hall–Kier alpha value is -1.64. The second kappa shape index (κ2) is 10.4. The number of benzene rings is 1. The number of carbonyl (C=O) groups is 1. The third kappa shape index (κ3) is 5.71. The minimum atomic E-state index is -3.59. The first kappa shape index (κ1) is 23.6. The highest BCUT2D eigenvalue weighted by atomic mass is 32.2. The predicted molar refractivity (Wildman–Crippen MR) is 119 cm³/mol. The molecule has 1 amide bonds. The third-order valence-corrected chi connectivity index (χ3v) is 7.61. The van der Waals surface area contributed by atoms with Gasteiger partial charge in [-0.1, -0.05) is 20.8 Å². The van der Waals surface area contributed by atoms with Gasteiger partial charge in [0.25, 0.3) is 0 Å². The van der Waals surface area contributed by atoms with Crippen molar-refractivity contribution in [3.63, 3.8) is 0 Å². The normalized spacial score (nSPS) is 17.7. The average molecular weight is 425 g/mol. The second-order valence-electron chi connectivity index (χ2n) is 7.62. The number of rotatable bonds is 10. The second-order valence-corrected chi connectivity index (χ2v) is 9.56. The van der Waals surface area contributed by atoms with Crippen molar-refractivity contribution >= 4 is 27.3 Å². The van der Waals surface area contributed by atoms with E-state index in [1.54, 1.807) is 18.2 Å². The van der Waals surface area contributed by atoms with Gasteiger partial charge in [-0.2, -0.15) is 4.31 Å². The van der Waals surface area contributed by atoms with Crippen molar-refractivity contribution in [2.75, 3.05) is 56.0 Å². The van der Waals surface area contributed by atoms with Crippen LogP contribution in [0.2, 0.25) is 0 Å². The molecule has 1 saturated heterocycles. The van der Waals surface area contributed by atoms with Crippen LogP contribution in [0.4, 0.5) is 11.4 Å². The van der Waals surface area contributed by atoms with E-state index in [1.165, 1.54) is 4.31 Å². The van der Waals surface area contributed by atoms with Crippen LogP contribution in [0.3, 0.4) is 0 Å². The standard InChI is InChI=1S/C21H36N4O3S/c1-6-24(7-2)20-11-10-18(29(27,28)25(8-3)9-4)14-19(20)22-21(26)16-23-13-12-17(5)15-23/h10-11,14,17H,6-9,12-13,15-16H2,1-5H3,(H,22,26). The van der Waals surface area contributed by atoms with Crippen LogP contribution in [0.25, 0.3) is 0 Å². The minimum Gasteiger partial charge on any atom is -0.370 e. The van der Waals surface area contributed by atoms with Crippen LogP contribution in [0.5, 0.6) is 0 Å². The molecule has 2 rings (SSSR count). The van der Waals surface area contributed by atoms with Crippen LogP contribution in [0.1, 0.15) is 41.0 Å². The fourth-order valence-corrected chi connectivity index (χ4v) is 5.38. The predicted octanol–water partition coefficient (Wildman–Crippen LogP) is 2.84. The molecule has 1 heterocycles. The van der Waals surface area contributed by atoms with E-state index in [0.717, 1.165) is 38.3 Å². The Bertz CT molecular complexity index is 789. The summed E-state index contributed by atoms with van der Waals surface area (Å²) in [5, 5.41) is 2.98. The fourth-order valence-electron chi connectivity index (χ4n) is 3.89. The molecule has 7 nitrogen and oxygen atoms in total. The maximum Gasteiger partial charge on any atom is 0.243 e. The van der Waals surface area contributed by atoms with Gasteiger partial charge in [0.1, 0.15) is 0 Å². The van der Waals surface area contributed by atoms with Crippen molar-refractivity contribution < 1.29 is 13.2 Å². The molecular weight excluding hydrogens is 388 g/mol. The first-order valence-corrected chi connectivity index (χ1v) is 12.1. The summed E-state index contributed by atoms with van der Waals surface area (Å²) in [5.41, 5.74) is 1.40. The molecule has 0 aromatic heterocycles. The molecule has 0 saturated carbocycles. The molecule has 1 aliphatic rings. The molecule has 0 radical (unpaired) electrons. The van der Waals surface area contributed by atoms with E-state index in [0.29, 0.717) is 31.2 Å². The maximum atomic E-state index is 13.0. The number of sulfonamides is 1. The summed E-state index contributed by atoms with van der Waals surface area (Å²) in [6.45, 7) is 14.5. The fraction of sp³-hybridized carbons (Fsp3) is 0.667. The van der Waals surface area contributed by atoms with Crippen molar-refractivity contribution in [3.05, 3.63) is 18.2 Å². The molecule has 1 atom stereocenters. The summed E-state index contributed by atoms with van der Waals surface area (Å²) in [7, 11) is -3.59. The van der Waals surface area contributed by atoms with Gasteiger partial charge >= 0.3 is 0 Å². The van der Waals surface area contributed by atoms with Gasteiger partial charge in [0.2, 0.25) is 15.9 Å². The molecule has 1 unspecified atom stereocenters. The van der Waals surface area contributed by atoms with E-state index in [9.17, 15) is 13.2 Å². The topological polar surface area (TPSA) is 73.0 Å². The van der Waals surface area contributed by atoms with Crippen molar-refractivity contribution in [2.24, 2.45) is 5.92 Å². The van der Waals surface area contributed by atoms with E-state index >= 15 is 0 Å². The van der Waals surface area contributed by atoms with E-state index in [1.807, 2.05) is 27.7 Å². The largest absolute Gasteiger partial charge is 0.370 e. The molecule has 164 valence electrons. The first-order chi connectivity index (χ1) is 13.8. The van der Waals surface area contributed by atoms with Gasteiger partial charge in [0.05, 0.1) is 22.8 Å². The van der Waals surface area contributed by atoms with Crippen LogP contribution >= 0.6 is 0 Å². The molecule has 0 bridgehead atoms. The maximum absolute atomic E-state index is 13.0. The summed E-state index contributed by atoms with van der Waals surface area (Å²) >= 11 is 0. The highest BCUT2D eigenvalue weighted by Gasteiger charge is 2.25. The van der Waals surface area contributed by atoms with Gasteiger partial charge in [-0.05, 0) is 50.9 Å². The lowest BCUT2D eigenvalue weighted by Gasteiger charge is -2.26. The molecule has 0 spiro atoms. The molecule has 1 aliphatic heterocycles. The first-order valence-electron chi connectivity index (χ1n) is 10.7. The highest BCUT2D eigenvalue weighted by Crippen LogP contribution is 2.30. The SMILES string of the molecule is CCN(CC)c1ccc(S(=O)(=O)N(CC)CC)cc1NC(=O)CN1CCC(C)C1. The van der Waals surface area contributed by atoms with Gasteiger partial charge < -0.3 is 10.2 Å². The summed E-state index contributed by atoms with van der Waals surface area (Å²) in [4.78, 5) is 17.2. The van der Waals surface area contributed by atoms with Crippen LogP contribution < -0.4 is 10.2 Å². The third-order valence-electron chi connectivity index (χ3n) is 5.56. The number of hydrogen-bond donors (Lipinski definition) is 1. The zero-order chi connectivity index (χ0) is 21.6. The summed E-state index contributed by atoms with van der Waals surface area (Å²) < 4.78 is 27.3. The lowest BCUT2D eigenvalue weighted by molar-refractivity contribution is -0.117. The van der Waals surface area contributed by atoms with Crippen LogP contribution in [-0.2, 0) is 14.8 Å². The highest BCUT2D eigenvalue weighted by molar-refractivity contribution is 7.89. The van der Waals surface area contributed by atoms with Crippen LogP contribution in [0, 0.1) is 5.92 Å². The number of hydrogen-bond acceptors (Lipinski definition) is 5. The number of nitrogens with one attached hydrogen (secondary N) is 1. The van der Waals surface area contributed by atoms with Crippen LogP contribution in [0.15, 0.2) is 23.1 Å². The Kier molecular flexibility index (Phi) is 8.48. The van der Waals surface area contributed by atoms with Crippen molar-refractivity contribution in [1.82, 2.24) is 9.21 Å². The Morgan fingerprint density at radius 2 is 1.79 bits per heavy atom. The Morgan fingerprint density at radius 1 is 1.14 bits per heavy atom. The summed E-state index contributed by atoms with van der Waals surface area (Å²) in [5.74, 6) is 0.501. The molecule has 29 heavy (non-hydrogen) atoms. The summed E-state index contributed by atoms with van der Waals surface area (Å²) in [6, 6.07) is 5.04. The number of carbonyl (C=O) groups excluding carboxylic acids is 1. The average Bonchev–Trinajstić information content (AvgIpc) is 3.08. The lowest BCUT2D eigenvalue weighted by atomic mass is 10.2. The lowest BCUT2D eigenvalue weighted by Crippen LogP contribution is -2.33. The van der Waals surface area contributed by atoms with Crippen molar-refractivity contribution in [2.45, 2.75) is 45.9 Å². The van der Waals surface area contributed by atoms with Crippen molar-refractivity contribution in [3.8, 4) is 0 Å². The number of amides is 1. The van der Waals surface area contributed by atoms with E-state index < -0.39 is 10.0 Å².